The Morgan fingerprint density at radius 3 is 2.50 bits per heavy atom. The monoisotopic (exact) mass is 383 g/mol. The molecule has 1 aromatic heterocycles. The number of nitrogens with zero attached hydrogens (tertiary/aromatic N) is 2. The second-order valence-corrected chi connectivity index (χ2v) is 5.64. The molecule has 2 N–H and O–H groups in total. The maximum atomic E-state index is 5.97. The Balaban J connectivity index is 2.23. The van der Waals surface area contributed by atoms with Gasteiger partial charge in [0.05, 0.1) is 16.4 Å². The van der Waals surface area contributed by atoms with Crippen LogP contribution in [-0.2, 0) is 12.8 Å². The van der Waals surface area contributed by atoms with E-state index in [1.165, 1.54) is 0 Å². The van der Waals surface area contributed by atoms with Crippen molar-refractivity contribution >= 4 is 28.4 Å². The molecule has 2 aromatic rings. The molecular formula is C15H18IN3O. The highest BCUT2D eigenvalue weighted by Gasteiger charge is 2.10. The Hall–Kier alpha value is -1.37. The fraction of sp³-hybridized carbons (Fsp3) is 0.333. The molecule has 0 aliphatic rings. The molecular weight excluding hydrogens is 365 g/mol. The summed E-state index contributed by atoms with van der Waals surface area (Å²) in [5.41, 5.74) is 8.16. The lowest BCUT2D eigenvalue weighted by Crippen LogP contribution is -2.08. The van der Waals surface area contributed by atoms with Gasteiger partial charge in [-0.3, -0.25) is 0 Å². The molecule has 0 aliphatic heterocycles. The highest BCUT2D eigenvalue weighted by Crippen LogP contribution is 2.19. The van der Waals surface area contributed by atoms with E-state index >= 15 is 0 Å². The number of hydrogen-bond acceptors (Lipinski definition) is 4. The maximum absolute atomic E-state index is 5.97. The summed E-state index contributed by atoms with van der Waals surface area (Å²) >= 11 is 2.22. The van der Waals surface area contributed by atoms with Crippen LogP contribution in [0.2, 0.25) is 0 Å². The van der Waals surface area contributed by atoms with Crippen molar-refractivity contribution in [3.05, 3.63) is 44.9 Å². The number of aryl methyl sites for hydroxylation is 1. The van der Waals surface area contributed by atoms with Gasteiger partial charge in [0, 0.05) is 6.42 Å². The van der Waals surface area contributed by atoms with Gasteiger partial charge in [-0.25, -0.2) is 9.97 Å². The van der Waals surface area contributed by atoms with E-state index in [-0.39, 0.29) is 0 Å². The third-order valence-corrected chi connectivity index (χ3v) is 4.18. The van der Waals surface area contributed by atoms with Crippen LogP contribution in [0.5, 0.6) is 5.75 Å². The molecule has 1 heterocycles. The van der Waals surface area contributed by atoms with Crippen LogP contribution in [0.25, 0.3) is 0 Å². The smallest absolute Gasteiger partial charge is 0.140 e. The van der Waals surface area contributed by atoms with E-state index in [0.29, 0.717) is 12.2 Å². The van der Waals surface area contributed by atoms with Crippen LogP contribution in [0, 0.1) is 3.57 Å². The Labute approximate surface area is 132 Å². The second-order valence-electron chi connectivity index (χ2n) is 4.56. The zero-order chi connectivity index (χ0) is 14.5. The van der Waals surface area contributed by atoms with Crippen molar-refractivity contribution in [3.63, 3.8) is 0 Å². The zero-order valence-electron chi connectivity index (χ0n) is 11.7. The zero-order valence-corrected chi connectivity index (χ0v) is 13.8. The third kappa shape index (κ3) is 3.59. The number of rotatable bonds is 5. The van der Waals surface area contributed by atoms with Crippen LogP contribution in [0.3, 0.4) is 0 Å². The van der Waals surface area contributed by atoms with Gasteiger partial charge in [-0.2, -0.15) is 0 Å². The summed E-state index contributed by atoms with van der Waals surface area (Å²) < 4.78 is 6.13. The van der Waals surface area contributed by atoms with Crippen molar-refractivity contribution in [1.82, 2.24) is 9.97 Å². The fourth-order valence-corrected chi connectivity index (χ4v) is 2.48. The number of aromatic nitrogens is 2. The first-order valence-electron chi connectivity index (χ1n) is 6.57. The summed E-state index contributed by atoms with van der Waals surface area (Å²) in [5, 5.41) is 0. The molecule has 0 saturated heterocycles. The second kappa shape index (κ2) is 6.88. The normalized spacial score (nSPS) is 10.6. The molecule has 20 heavy (non-hydrogen) atoms. The molecule has 1 aromatic carbocycles. The van der Waals surface area contributed by atoms with Crippen LogP contribution in [0.15, 0.2) is 24.3 Å². The van der Waals surface area contributed by atoms with Gasteiger partial charge in [-0.15, -0.1) is 0 Å². The van der Waals surface area contributed by atoms with Crippen molar-refractivity contribution < 1.29 is 4.74 Å². The van der Waals surface area contributed by atoms with E-state index in [4.69, 9.17) is 10.5 Å². The first-order valence-corrected chi connectivity index (χ1v) is 7.65. The minimum atomic E-state index is 0.576. The summed E-state index contributed by atoms with van der Waals surface area (Å²) in [7, 11) is 1.66. The van der Waals surface area contributed by atoms with Gasteiger partial charge < -0.3 is 10.5 Å². The van der Waals surface area contributed by atoms with E-state index in [1.54, 1.807) is 7.11 Å². The van der Waals surface area contributed by atoms with E-state index in [0.717, 1.165) is 39.2 Å². The number of ether oxygens (including phenoxy) is 1. The number of halogens is 1. The van der Waals surface area contributed by atoms with Gasteiger partial charge in [0.25, 0.3) is 0 Å². The number of nitrogen functional groups attached to an aromatic ring is 1. The van der Waals surface area contributed by atoms with Crippen molar-refractivity contribution in [2.75, 3.05) is 12.8 Å². The molecule has 0 bridgehead atoms. The topological polar surface area (TPSA) is 61.0 Å². The summed E-state index contributed by atoms with van der Waals surface area (Å²) in [6, 6.07) is 7.93. The van der Waals surface area contributed by atoms with E-state index in [9.17, 15) is 0 Å². The molecule has 0 spiro atoms. The first-order chi connectivity index (χ1) is 9.63. The van der Waals surface area contributed by atoms with E-state index in [2.05, 4.69) is 39.5 Å². The Morgan fingerprint density at radius 2 is 1.90 bits per heavy atom. The number of benzene rings is 1. The lowest BCUT2D eigenvalue weighted by Gasteiger charge is -2.09. The van der Waals surface area contributed by atoms with Gasteiger partial charge >= 0.3 is 0 Å². The maximum Gasteiger partial charge on any atom is 0.140 e. The average molecular weight is 383 g/mol. The largest absolute Gasteiger partial charge is 0.497 e. The SMILES string of the molecule is CCCc1nc(Cc2ccc(OC)cc2)nc(N)c1I. The Morgan fingerprint density at radius 1 is 1.20 bits per heavy atom. The van der Waals surface area contributed by atoms with Crippen LogP contribution >= 0.6 is 22.6 Å². The first kappa shape index (κ1) is 15.0. The van der Waals surface area contributed by atoms with E-state index in [1.807, 2.05) is 24.3 Å². The van der Waals surface area contributed by atoms with Crippen LogP contribution in [0.4, 0.5) is 5.82 Å². The van der Waals surface area contributed by atoms with Crippen molar-refractivity contribution in [1.29, 1.82) is 0 Å². The molecule has 2 rings (SSSR count). The number of methoxy groups -OCH3 is 1. The summed E-state index contributed by atoms with van der Waals surface area (Å²) in [5.74, 6) is 2.20. The fourth-order valence-electron chi connectivity index (χ4n) is 1.97. The number of anilines is 1. The minimum Gasteiger partial charge on any atom is -0.497 e. The highest BCUT2D eigenvalue weighted by molar-refractivity contribution is 14.1. The van der Waals surface area contributed by atoms with Gasteiger partial charge in [0.1, 0.15) is 17.4 Å². The Kier molecular flexibility index (Phi) is 5.17. The van der Waals surface area contributed by atoms with Crippen molar-refractivity contribution in [2.45, 2.75) is 26.2 Å². The van der Waals surface area contributed by atoms with Crippen molar-refractivity contribution in [2.24, 2.45) is 0 Å². The van der Waals surface area contributed by atoms with Crippen LogP contribution < -0.4 is 10.5 Å². The number of nitrogens with two attached hydrogens (primary N) is 1. The molecule has 0 saturated carbocycles. The molecule has 4 nitrogen and oxygen atoms in total. The Bertz CT molecular complexity index is 584. The molecule has 0 aliphatic carbocycles. The van der Waals surface area contributed by atoms with Gasteiger partial charge in [0.15, 0.2) is 0 Å². The minimum absolute atomic E-state index is 0.576. The van der Waals surface area contributed by atoms with Crippen molar-refractivity contribution in [3.8, 4) is 5.75 Å². The lowest BCUT2D eigenvalue weighted by molar-refractivity contribution is 0.414. The van der Waals surface area contributed by atoms with Gasteiger partial charge in [0.2, 0.25) is 0 Å². The predicted molar refractivity (Wildman–Crippen MR) is 89.0 cm³/mol. The van der Waals surface area contributed by atoms with Crippen LogP contribution in [0.1, 0.15) is 30.4 Å². The quantitative estimate of drug-likeness (QED) is 0.806. The third-order valence-electron chi connectivity index (χ3n) is 3.00. The average Bonchev–Trinajstić information content (AvgIpc) is 2.45. The molecule has 0 atom stereocenters. The summed E-state index contributed by atoms with van der Waals surface area (Å²) in [6.07, 6.45) is 2.66. The standard InChI is InChI=1S/C15H18IN3O/c1-3-4-12-14(16)15(17)19-13(18-12)9-10-5-7-11(20-2)8-6-10/h5-8H,3-4,9H2,1-2H3,(H2,17,18,19). The molecule has 106 valence electrons. The van der Waals surface area contributed by atoms with Gasteiger partial charge in [-0.1, -0.05) is 25.5 Å². The number of hydrogen-bond donors (Lipinski definition) is 1. The summed E-state index contributed by atoms with van der Waals surface area (Å²) in [6.45, 7) is 2.14. The molecule has 0 amide bonds. The molecule has 5 heteroatoms. The predicted octanol–water partition coefficient (Wildman–Crippen LogP) is 3.22. The van der Waals surface area contributed by atoms with E-state index < -0.39 is 0 Å². The van der Waals surface area contributed by atoms with Crippen LogP contribution in [-0.4, -0.2) is 17.1 Å². The molecule has 0 unspecified atom stereocenters. The molecule has 0 radical (unpaired) electrons. The summed E-state index contributed by atoms with van der Waals surface area (Å²) in [4.78, 5) is 9.01. The highest BCUT2D eigenvalue weighted by atomic mass is 127. The molecule has 0 fully saturated rings. The van der Waals surface area contributed by atoms with Gasteiger partial charge in [-0.05, 0) is 46.7 Å². The lowest BCUT2D eigenvalue weighted by atomic mass is 10.1.